The van der Waals surface area contributed by atoms with E-state index in [0.29, 0.717) is 13.2 Å². The molecule has 0 saturated heterocycles. The first-order valence-electron chi connectivity index (χ1n) is 12.4. The van der Waals surface area contributed by atoms with Crippen LogP contribution >= 0.6 is 11.6 Å². The topological polar surface area (TPSA) is 32.5 Å². The van der Waals surface area contributed by atoms with Crippen molar-refractivity contribution in [2.45, 2.75) is 51.4 Å². The van der Waals surface area contributed by atoms with Crippen molar-refractivity contribution >= 4 is 40.7 Å². The average Bonchev–Trinajstić information content (AvgIpc) is 3.45. The highest BCUT2D eigenvalue weighted by Crippen LogP contribution is 2.43. The minimum absolute atomic E-state index is 0.0238. The number of fused-ring (bicyclic) bond motifs is 1. The van der Waals surface area contributed by atoms with Gasteiger partial charge in [0.1, 0.15) is 13.7 Å². The molecule has 5 heteroatoms. The standard InChI is InChI=1S/C29H36ClN2O2/c1-5-29(2)25-20-23(30)13-16-26(25)32(4)27(29)17-12-21-10-14-24(15-11-21)31(3)18-19-34-28(33)22-8-6-7-9-22/h10-17,20,22H,5-9,18-19H2,1-4H3/q+1. The van der Waals surface area contributed by atoms with Crippen molar-refractivity contribution in [2.75, 3.05) is 32.1 Å². The molecule has 4 rings (SSSR count). The summed E-state index contributed by atoms with van der Waals surface area (Å²) < 4.78 is 7.78. The molecule has 1 aliphatic heterocycles. The molecule has 0 spiro atoms. The van der Waals surface area contributed by atoms with Gasteiger partial charge < -0.3 is 9.64 Å². The number of esters is 1. The molecule has 1 atom stereocenters. The van der Waals surface area contributed by atoms with E-state index in [1.165, 1.54) is 17.0 Å². The molecule has 180 valence electrons. The van der Waals surface area contributed by atoms with Gasteiger partial charge in [-0.3, -0.25) is 4.79 Å². The molecule has 1 saturated carbocycles. The summed E-state index contributed by atoms with van der Waals surface area (Å²) >= 11 is 6.32. The summed E-state index contributed by atoms with van der Waals surface area (Å²) in [4.78, 5) is 14.2. The Morgan fingerprint density at radius 3 is 2.56 bits per heavy atom. The molecular weight excluding hydrogens is 444 g/mol. The van der Waals surface area contributed by atoms with Crippen molar-refractivity contribution in [1.82, 2.24) is 0 Å². The lowest BCUT2D eigenvalue weighted by Crippen LogP contribution is -2.29. The predicted molar refractivity (Wildman–Crippen MR) is 142 cm³/mol. The molecule has 2 aromatic carbocycles. The van der Waals surface area contributed by atoms with Gasteiger partial charge in [0.2, 0.25) is 5.69 Å². The van der Waals surface area contributed by atoms with Crippen molar-refractivity contribution in [2.24, 2.45) is 5.92 Å². The molecule has 4 nitrogen and oxygen atoms in total. The molecule has 1 heterocycles. The van der Waals surface area contributed by atoms with Crippen LogP contribution in [0.5, 0.6) is 0 Å². The summed E-state index contributed by atoms with van der Waals surface area (Å²) in [7, 11) is 4.16. The molecule has 0 radical (unpaired) electrons. The molecule has 1 unspecified atom stereocenters. The van der Waals surface area contributed by atoms with Gasteiger partial charge in [-0.25, -0.2) is 0 Å². The predicted octanol–water partition coefficient (Wildman–Crippen LogP) is 6.62. The average molecular weight is 480 g/mol. The molecule has 0 aromatic heterocycles. The third-order valence-corrected chi connectivity index (χ3v) is 7.91. The number of ether oxygens (including phenoxy) is 1. The minimum Gasteiger partial charge on any atom is -0.464 e. The maximum absolute atomic E-state index is 12.1. The second kappa shape index (κ2) is 10.4. The molecule has 0 N–H and O–H groups in total. The first-order chi connectivity index (χ1) is 16.3. The Labute approximate surface area is 208 Å². The number of likely N-dealkylation sites (N-methyl/N-ethyl adjacent to an activating group) is 1. The first kappa shape index (κ1) is 24.5. The minimum atomic E-state index is -0.0679. The molecule has 2 aromatic rings. The fourth-order valence-corrected chi connectivity index (χ4v) is 5.43. The highest BCUT2D eigenvalue weighted by atomic mass is 35.5. The number of halogens is 1. The van der Waals surface area contributed by atoms with Crippen LogP contribution in [-0.4, -0.2) is 43.5 Å². The monoisotopic (exact) mass is 479 g/mol. The van der Waals surface area contributed by atoms with E-state index >= 15 is 0 Å². The number of rotatable bonds is 8. The highest BCUT2D eigenvalue weighted by Gasteiger charge is 2.45. The van der Waals surface area contributed by atoms with Gasteiger partial charge in [-0.15, -0.1) is 0 Å². The maximum atomic E-state index is 12.1. The van der Waals surface area contributed by atoms with Gasteiger partial charge >= 0.3 is 5.97 Å². The van der Waals surface area contributed by atoms with Gasteiger partial charge in [-0.2, -0.15) is 4.58 Å². The molecule has 0 amide bonds. The Morgan fingerprint density at radius 1 is 1.18 bits per heavy atom. The van der Waals surface area contributed by atoms with Gasteiger partial charge in [0, 0.05) is 35.5 Å². The van der Waals surface area contributed by atoms with Crippen molar-refractivity contribution in [3.05, 3.63) is 64.7 Å². The normalized spacial score (nSPS) is 20.3. The van der Waals surface area contributed by atoms with E-state index in [2.05, 4.69) is 78.9 Å². The number of hydrogen-bond donors (Lipinski definition) is 0. The lowest BCUT2D eigenvalue weighted by molar-refractivity contribution is -0.401. The van der Waals surface area contributed by atoms with Crippen molar-refractivity contribution < 1.29 is 14.1 Å². The van der Waals surface area contributed by atoms with Crippen LogP contribution in [0.25, 0.3) is 6.08 Å². The van der Waals surface area contributed by atoms with Crippen LogP contribution in [0.1, 0.15) is 57.1 Å². The quantitative estimate of drug-likeness (QED) is 0.315. The Morgan fingerprint density at radius 2 is 1.88 bits per heavy atom. The van der Waals surface area contributed by atoms with Gasteiger partial charge in [-0.1, -0.05) is 43.5 Å². The molecule has 0 bridgehead atoms. The van der Waals surface area contributed by atoms with Crippen LogP contribution in [0.15, 0.2) is 48.5 Å². The van der Waals surface area contributed by atoms with Gasteiger partial charge in [-0.05, 0) is 62.1 Å². The van der Waals surface area contributed by atoms with Crippen molar-refractivity contribution in [1.29, 1.82) is 0 Å². The van der Waals surface area contributed by atoms with E-state index in [1.807, 2.05) is 13.1 Å². The molecule has 1 fully saturated rings. The zero-order chi connectivity index (χ0) is 24.3. The van der Waals surface area contributed by atoms with Crippen LogP contribution in [-0.2, 0) is 14.9 Å². The SMILES string of the molecule is CCC1(C)C(/C=C/c2ccc(N(C)CCOC(=O)C3CCCC3)cc2)=[N+](C)c2ccc(Cl)cc21. The number of hydrogen-bond acceptors (Lipinski definition) is 3. The van der Waals surface area contributed by atoms with Crippen LogP contribution in [0.3, 0.4) is 0 Å². The van der Waals surface area contributed by atoms with E-state index < -0.39 is 0 Å². The lowest BCUT2D eigenvalue weighted by atomic mass is 9.77. The summed E-state index contributed by atoms with van der Waals surface area (Å²) in [5.74, 6) is 0.0942. The molecule has 2 aliphatic rings. The Hall–Kier alpha value is -2.59. The summed E-state index contributed by atoms with van der Waals surface area (Å²) in [6.45, 7) is 5.64. The summed E-state index contributed by atoms with van der Waals surface area (Å²) in [5.41, 5.74) is 5.98. The molecular formula is C29H36ClN2O2+. The summed E-state index contributed by atoms with van der Waals surface area (Å²) in [6.07, 6.45) is 9.67. The third-order valence-electron chi connectivity index (χ3n) is 7.68. The van der Waals surface area contributed by atoms with Gasteiger partial charge in [0.15, 0.2) is 5.71 Å². The van der Waals surface area contributed by atoms with E-state index in [0.717, 1.165) is 48.4 Å². The smallest absolute Gasteiger partial charge is 0.308 e. The molecule has 1 aliphatic carbocycles. The van der Waals surface area contributed by atoms with Crippen LogP contribution in [0.4, 0.5) is 11.4 Å². The second-order valence-corrected chi connectivity index (χ2v) is 10.2. The fourth-order valence-electron chi connectivity index (χ4n) is 5.25. The van der Waals surface area contributed by atoms with Gasteiger partial charge in [0.05, 0.1) is 17.9 Å². The number of benzene rings is 2. The highest BCUT2D eigenvalue weighted by molar-refractivity contribution is 6.30. The maximum Gasteiger partial charge on any atom is 0.308 e. The number of nitrogens with zero attached hydrogens (tertiary/aromatic N) is 2. The molecule has 34 heavy (non-hydrogen) atoms. The number of carbonyl (C=O) groups is 1. The largest absolute Gasteiger partial charge is 0.464 e. The first-order valence-corrected chi connectivity index (χ1v) is 12.8. The Kier molecular flexibility index (Phi) is 7.47. The van der Waals surface area contributed by atoms with E-state index in [4.69, 9.17) is 16.3 Å². The number of allylic oxidation sites excluding steroid dienone is 1. The Balaban J connectivity index is 1.39. The van der Waals surface area contributed by atoms with Gasteiger partial charge in [0.25, 0.3) is 0 Å². The number of anilines is 1. The third kappa shape index (κ3) is 4.93. The van der Waals surface area contributed by atoms with E-state index in [-0.39, 0.29) is 17.3 Å². The Bertz CT molecular complexity index is 1100. The fraction of sp³-hybridized carbons (Fsp3) is 0.448. The summed E-state index contributed by atoms with van der Waals surface area (Å²) in [6, 6.07) is 14.7. The number of carbonyl (C=O) groups excluding carboxylic acids is 1. The zero-order valence-corrected chi connectivity index (χ0v) is 21.6. The van der Waals surface area contributed by atoms with Crippen LogP contribution in [0, 0.1) is 5.92 Å². The van der Waals surface area contributed by atoms with Crippen LogP contribution in [0.2, 0.25) is 5.02 Å². The second-order valence-electron chi connectivity index (χ2n) is 9.79. The van der Waals surface area contributed by atoms with E-state index in [1.54, 1.807) is 0 Å². The van der Waals surface area contributed by atoms with E-state index in [9.17, 15) is 4.79 Å². The summed E-state index contributed by atoms with van der Waals surface area (Å²) in [5, 5.41) is 0.782. The lowest BCUT2D eigenvalue weighted by Gasteiger charge is -2.20. The van der Waals surface area contributed by atoms with Crippen molar-refractivity contribution in [3.63, 3.8) is 0 Å². The van der Waals surface area contributed by atoms with Crippen LogP contribution < -0.4 is 4.90 Å². The zero-order valence-electron chi connectivity index (χ0n) is 20.8. The van der Waals surface area contributed by atoms with Crippen molar-refractivity contribution in [3.8, 4) is 0 Å².